The van der Waals surface area contributed by atoms with Crippen LogP contribution >= 0.6 is 0 Å². The van der Waals surface area contributed by atoms with Crippen molar-refractivity contribution in [2.24, 2.45) is 0 Å². The summed E-state index contributed by atoms with van der Waals surface area (Å²) >= 11 is 0. The number of H-pyrrole nitrogens is 1. The van der Waals surface area contributed by atoms with Crippen LogP contribution in [0.2, 0.25) is 0 Å². The summed E-state index contributed by atoms with van der Waals surface area (Å²) in [5, 5.41) is 0.229. The van der Waals surface area contributed by atoms with Gasteiger partial charge >= 0.3 is 5.16 Å². The van der Waals surface area contributed by atoms with Gasteiger partial charge in [0.1, 0.15) is 6.04 Å². The van der Waals surface area contributed by atoms with E-state index in [1.807, 2.05) is 0 Å². The van der Waals surface area contributed by atoms with Gasteiger partial charge in [0, 0.05) is 0 Å². The molecule has 0 atom stereocenters. The molecule has 84 valence electrons. The summed E-state index contributed by atoms with van der Waals surface area (Å²) in [7, 11) is -3.22. The second-order valence-electron chi connectivity index (χ2n) is 4.13. The quantitative estimate of drug-likeness (QED) is 0.722. The van der Waals surface area contributed by atoms with Crippen LogP contribution in [0, 0.1) is 0 Å². The van der Waals surface area contributed by atoms with Gasteiger partial charge in [-0.3, -0.25) is 0 Å². The molecule has 0 spiro atoms. The highest BCUT2D eigenvalue weighted by Gasteiger charge is 2.31. The first kappa shape index (κ1) is 10.5. The molecule has 1 aliphatic rings. The number of sulfone groups is 1. The molecule has 0 aliphatic heterocycles. The molecule has 0 unspecified atom stereocenters. The number of nitrogens with two attached hydrogens (primary N) is 1. The second-order valence-corrected chi connectivity index (χ2v) is 6.06. The Hall–Kier alpha value is -1.04. The molecule has 1 aliphatic carbocycles. The van der Waals surface area contributed by atoms with Gasteiger partial charge in [-0.2, -0.15) is 0 Å². The van der Waals surface area contributed by atoms with Crippen molar-refractivity contribution in [3.05, 3.63) is 6.20 Å². The van der Waals surface area contributed by atoms with Crippen molar-refractivity contribution >= 4 is 15.7 Å². The maximum atomic E-state index is 11.5. The van der Waals surface area contributed by atoms with Crippen LogP contribution in [0.1, 0.15) is 31.7 Å². The normalized spacial score (nSPS) is 18.5. The number of nitrogen functional groups attached to an aromatic ring is 1. The summed E-state index contributed by atoms with van der Waals surface area (Å²) in [6.07, 6.45) is 7.27. The van der Waals surface area contributed by atoms with Crippen LogP contribution in [-0.2, 0) is 9.84 Å². The molecule has 1 aromatic heterocycles. The van der Waals surface area contributed by atoms with Crippen molar-refractivity contribution < 1.29 is 13.0 Å². The van der Waals surface area contributed by atoms with Crippen molar-refractivity contribution in [3.8, 4) is 0 Å². The minimum absolute atomic E-state index is 0.229. The summed E-state index contributed by atoms with van der Waals surface area (Å²) in [6.45, 7) is 0. The predicted octanol–water partition coefficient (Wildman–Crippen LogP) is 0.403. The molecule has 1 aromatic rings. The summed E-state index contributed by atoms with van der Waals surface area (Å²) < 4.78 is 24.8. The number of nitrogens with zero attached hydrogens (tertiary/aromatic N) is 1. The molecule has 0 saturated heterocycles. The van der Waals surface area contributed by atoms with E-state index in [4.69, 9.17) is 5.73 Å². The highest BCUT2D eigenvalue weighted by molar-refractivity contribution is 7.90. The molecular formula is C9H16N3O2S+. The maximum Gasteiger partial charge on any atom is 0.375 e. The van der Waals surface area contributed by atoms with Gasteiger partial charge in [-0.1, -0.05) is 0 Å². The van der Waals surface area contributed by atoms with Gasteiger partial charge in [0.15, 0.2) is 6.20 Å². The largest absolute Gasteiger partial charge is 0.375 e. The van der Waals surface area contributed by atoms with E-state index in [-0.39, 0.29) is 11.2 Å². The first-order chi connectivity index (χ1) is 6.98. The molecule has 5 nitrogen and oxygen atoms in total. The molecule has 6 heteroatoms. The third kappa shape index (κ3) is 1.99. The van der Waals surface area contributed by atoms with Crippen LogP contribution in [0.25, 0.3) is 0 Å². The van der Waals surface area contributed by atoms with Gasteiger partial charge in [0.2, 0.25) is 5.82 Å². The Labute approximate surface area is 89.2 Å². The number of anilines is 1. The Morgan fingerprint density at radius 1 is 1.47 bits per heavy atom. The summed E-state index contributed by atoms with van der Waals surface area (Å²) in [5.74, 6) is 0.405. The third-order valence-electron chi connectivity index (χ3n) is 2.83. The third-order valence-corrected chi connectivity index (χ3v) is 3.85. The van der Waals surface area contributed by atoms with Crippen LogP contribution in [0.5, 0.6) is 0 Å². The highest BCUT2D eigenvalue weighted by Crippen LogP contribution is 2.26. The topological polar surface area (TPSA) is 79.8 Å². The van der Waals surface area contributed by atoms with E-state index in [0.717, 1.165) is 25.7 Å². The van der Waals surface area contributed by atoms with E-state index in [2.05, 4.69) is 4.98 Å². The smallest absolute Gasteiger partial charge is 0.363 e. The first-order valence-corrected chi connectivity index (χ1v) is 6.97. The lowest BCUT2D eigenvalue weighted by Gasteiger charge is -2.05. The summed E-state index contributed by atoms with van der Waals surface area (Å²) in [6, 6.07) is 0.281. The van der Waals surface area contributed by atoms with Gasteiger partial charge in [-0.25, -0.2) is 18.0 Å². The molecule has 3 N–H and O–H groups in total. The van der Waals surface area contributed by atoms with Crippen molar-refractivity contribution in [3.63, 3.8) is 0 Å². The highest BCUT2D eigenvalue weighted by atomic mass is 32.2. The molecule has 2 rings (SSSR count). The van der Waals surface area contributed by atoms with E-state index >= 15 is 0 Å². The van der Waals surface area contributed by atoms with E-state index < -0.39 is 9.84 Å². The zero-order valence-electron chi connectivity index (χ0n) is 8.73. The van der Waals surface area contributed by atoms with Crippen molar-refractivity contribution in [2.45, 2.75) is 36.9 Å². The van der Waals surface area contributed by atoms with Gasteiger partial charge in [0.05, 0.1) is 6.26 Å². The van der Waals surface area contributed by atoms with Gasteiger partial charge in [0.25, 0.3) is 9.84 Å². The standard InChI is InChI=1S/C9H15N3O2S/c1-15(13,14)9-11-8(10)6-12(9)7-4-2-3-5-7/h6-7H,2-5,10H2,1H3/p+1. The van der Waals surface area contributed by atoms with Crippen molar-refractivity contribution in [2.75, 3.05) is 12.0 Å². The number of rotatable bonds is 2. The van der Waals surface area contributed by atoms with E-state index in [1.165, 1.54) is 6.26 Å². The predicted molar refractivity (Wildman–Crippen MR) is 56.0 cm³/mol. The minimum Gasteiger partial charge on any atom is -0.363 e. The van der Waals surface area contributed by atoms with Gasteiger partial charge in [-0.15, -0.1) is 0 Å². The lowest BCUT2D eigenvalue weighted by molar-refractivity contribution is -0.755. The molecule has 0 aromatic carbocycles. The fraction of sp³-hybridized carbons (Fsp3) is 0.667. The van der Waals surface area contributed by atoms with E-state index in [1.54, 1.807) is 10.8 Å². The van der Waals surface area contributed by atoms with E-state index in [0.29, 0.717) is 5.82 Å². The van der Waals surface area contributed by atoms with E-state index in [9.17, 15) is 8.42 Å². The fourth-order valence-corrected chi connectivity index (χ4v) is 3.05. The minimum atomic E-state index is -3.22. The molecular weight excluding hydrogens is 214 g/mol. The number of aromatic amines is 1. The first-order valence-electron chi connectivity index (χ1n) is 5.08. The number of hydrogen-bond donors (Lipinski definition) is 2. The van der Waals surface area contributed by atoms with Crippen LogP contribution in [0.4, 0.5) is 5.82 Å². The Morgan fingerprint density at radius 2 is 2.07 bits per heavy atom. The number of hydrogen-bond acceptors (Lipinski definition) is 3. The Bertz CT molecular complexity index is 458. The Kier molecular flexibility index (Phi) is 2.46. The van der Waals surface area contributed by atoms with Crippen LogP contribution in [0.3, 0.4) is 0 Å². The Balaban J connectivity index is 2.46. The van der Waals surface area contributed by atoms with Crippen LogP contribution < -0.4 is 10.3 Å². The number of aromatic nitrogens is 2. The maximum absolute atomic E-state index is 11.5. The van der Waals surface area contributed by atoms with Gasteiger partial charge < -0.3 is 5.73 Å². The molecule has 15 heavy (non-hydrogen) atoms. The summed E-state index contributed by atoms with van der Waals surface area (Å²) in [5.41, 5.74) is 5.60. The van der Waals surface area contributed by atoms with Crippen LogP contribution in [-0.4, -0.2) is 19.7 Å². The molecule has 1 saturated carbocycles. The molecule has 1 fully saturated rings. The molecule has 0 bridgehead atoms. The lowest BCUT2D eigenvalue weighted by Crippen LogP contribution is -2.41. The zero-order valence-corrected chi connectivity index (χ0v) is 9.55. The summed E-state index contributed by atoms with van der Waals surface area (Å²) in [4.78, 5) is 2.71. The molecule has 0 radical (unpaired) electrons. The molecule has 1 heterocycles. The van der Waals surface area contributed by atoms with Gasteiger partial charge in [-0.05, 0) is 25.7 Å². The molecule has 0 amide bonds. The average Bonchev–Trinajstić information content (AvgIpc) is 2.68. The average molecular weight is 230 g/mol. The SMILES string of the molecule is CS(=O)(=O)c1[nH]c(N)c[n+]1C1CCCC1. The fourth-order valence-electron chi connectivity index (χ4n) is 2.17. The number of imidazole rings is 1. The second kappa shape index (κ2) is 3.52. The van der Waals surface area contributed by atoms with Crippen molar-refractivity contribution in [1.29, 1.82) is 0 Å². The number of nitrogens with one attached hydrogen (secondary N) is 1. The lowest BCUT2D eigenvalue weighted by atomic mass is 10.2. The van der Waals surface area contributed by atoms with Crippen molar-refractivity contribution in [1.82, 2.24) is 4.98 Å². The Morgan fingerprint density at radius 3 is 2.60 bits per heavy atom. The monoisotopic (exact) mass is 230 g/mol. The zero-order chi connectivity index (χ0) is 11.1. The van der Waals surface area contributed by atoms with Crippen LogP contribution in [0.15, 0.2) is 11.4 Å².